The topological polar surface area (TPSA) is 20.2 Å². The summed E-state index contributed by atoms with van der Waals surface area (Å²) in [6, 6.07) is 0. The van der Waals surface area contributed by atoms with Gasteiger partial charge in [-0.3, -0.25) is 0 Å². The Morgan fingerprint density at radius 2 is 2.57 bits per heavy atom. The van der Waals surface area contributed by atoms with Gasteiger partial charge in [-0.15, -0.1) is 0 Å². The molecule has 0 saturated carbocycles. The van der Waals surface area contributed by atoms with Crippen molar-refractivity contribution in [1.29, 1.82) is 0 Å². The van der Waals surface area contributed by atoms with Gasteiger partial charge in [0.15, 0.2) is 0 Å². The van der Waals surface area contributed by atoms with Crippen LogP contribution in [0.25, 0.3) is 0 Å². The minimum Gasteiger partial charge on any atom is -0.393 e. The van der Waals surface area contributed by atoms with Crippen LogP contribution in [0.15, 0.2) is 0 Å². The molecule has 0 aromatic carbocycles. The largest absolute Gasteiger partial charge is 0.393 e. The molecule has 0 amide bonds. The van der Waals surface area contributed by atoms with Crippen LogP contribution in [0.2, 0.25) is 0 Å². The summed E-state index contributed by atoms with van der Waals surface area (Å²) >= 11 is 0. The molecular formula is C6H14O. The summed E-state index contributed by atoms with van der Waals surface area (Å²) in [7, 11) is 0. The van der Waals surface area contributed by atoms with Crippen molar-refractivity contribution in [3.8, 4) is 0 Å². The van der Waals surface area contributed by atoms with E-state index in [-0.39, 0.29) is 0 Å². The maximum atomic E-state index is 9.28. The van der Waals surface area contributed by atoms with Gasteiger partial charge >= 0.3 is 0 Å². The van der Waals surface area contributed by atoms with E-state index in [9.17, 15) is 5.11 Å². The van der Waals surface area contributed by atoms with Crippen LogP contribution in [0.1, 0.15) is 35.3 Å². The maximum absolute atomic E-state index is 9.28. The molecule has 0 aliphatic carbocycles. The predicted molar refractivity (Wildman–Crippen MR) is 31.1 cm³/mol. The zero-order valence-electron chi connectivity index (χ0n) is 10.5. The highest BCUT2D eigenvalue weighted by Crippen LogP contribution is 2.01. The standard InChI is InChI=1S/C6H14O/c1-5(2)4-6(3)7/h5-7H,4H2,1-3H3/i3D3,4D2,6D. The highest BCUT2D eigenvalue weighted by Gasteiger charge is 1.97. The third-order valence-electron chi connectivity index (χ3n) is 0.425. The third kappa shape index (κ3) is 5.96. The van der Waals surface area contributed by atoms with Crippen molar-refractivity contribution in [2.24, 2.45) is 5.92 Å². The molecule has 0 aliphatic rings. The van der Waals surface area contributed by atoms with Crippen LogP contribution in [0.4, 0.5) is 0 Å². The number of hydrogen-bond acceptors (Lipinski definition) is 1. The van der Waals surface area contributed by atoms with Gasteiger partial charge < -0.3 is 5.11 Å². The predicted octanol–water partition coefficient (Wildman–Crippen LogP) is 1.41. The molecule has 0 fully saturated rings. The van der Waals surface area contributed by atoms with E-state index in [2.05, 4.69) is 0 Å². The van der Waals surface area contributed by atoms with Crippen molar-refractivity contribution in [1.82, 2.24) is 0 Å². The highest BCUT2D eigenvalue weighted by molar-refractivity contribution is 4.49. The van der Waals surface area contributed by atoms with Gasteiger partial charge in [0.1, 0.15) is 0 Å². The lowest BCUT2D eigenvalue weighted by atomic mass is 10.1. The summed E-state index contributed by atoms with van der Waals surface area (Å²) in [5.74, 6) is -0.740. The molecule has 44 valence electrons. The first-order valence-electron chi connectivity index (χ1n) is 5.17. The molecule has 0 bridgehead atoms. The Kier molecular flexibility index (Phi) is 0.747. The van der Waals surface area contributed by atoms with E-state index in [1.165, 1.54) is 13.8 Å². The first-order valence-corrected chi connectivity index (χ1v) is 2.17. The van der Waals surface area contributed by atoms with Gasteiger partial charge in [0, 0.05) is 6.85 Å². The zero-order chi connectivity index (χ0) is 11.1. The Bertz CT molecular complexity index is 182. The van der Waals surface area contributed by atoms with Crippen LogP contribution in [0, 0.1) is 5.92 Å². The Labute approximate surface area is 53.8 Å². The van der Waals surface area contributed by atoms with Crippen molar-refractivity contribution in [2.45, 2.75) is 33.2 Å². The minimum absolute atomic E-state index is 0.740. The van der Waals surface area contributed by atoms with E-state index in [1.807, 2.05) is 0 Å². The van der Waals surface area contributed by atoms with Crippen molar-refractivity contribution >= 4 is 0 Å². The molecule has 0 aliphatic heterocycles. The maximum Gasteiger partial charge on any atom is 0.0598 e. The summed E-state index contributed by atoms with van der Waals surface area (Å²) in [5.41, 5.74) is 0. The smallest absolute Gasteiger partial charge is 0.0598 e. The molecule has 1 nitrogen and oxygen atoms in total. The first-order chi connectivity index (χ1) is 5.44. The lowest BCUT2D eigenvalue weighted by molar-refractivity contribution is 0.168. The molecular weight excluding hydrogens is 88.1 g/mol. The normalized spacial score (nSPS) is 36.0. The number of rotatable bonds is 2. The second-order valence-electron chi connectivity index (χ2n) is 1.65. The van der Waals surface area contributed by atoms with E-state index in [0.29, 0.717) is 0 Å². The molecule has 1 heteroatoms. The molecule has 1 unspecified atom stereocenters. The average Bonchev–Trinajstić information content (AvgIpc) is 1.84. The van der Waals surface area contributed by atoms with Crippen LogP contribution >= 0.6 is 0 Å². The van der Waals surface area contributed by atoms with Crippen molar-refractivity contribution < 1.29 is 13.3 Å². The van der Waals surface area contributed by atoms with E-state index in [0.717, 1.165) is 0 Å². The second kappa shape index (κ2) is 3.03. The fourth-order valence-corrected chi connectivity index (χ4v) is 0.273. The van der Waals surface area contributed by atoms with Gasteiger partial charge in [0.05, 0.1) is 7.45 Å². The third-order valence-corrected chi connectivity index (χ3v) is 0.425. The molecule has 0 rings (SSSR count). The summed E-state index contributed by atoms with van der Waals surface area (Å²) in [5, 5.41) is 9.28. The molecule has 0 heterocycles. The Morgan fingerprint density at radius 3 is 2.71 bits per heavy atom. The molecule has 0 aromatic rings. The molecule has 0 spiro atoms. The number of hydrogen-bond donors (Lipinski definition) is 1. The summed E-state index contributed by atoms with van der Waals surface area (Å²) in [4.78, 5) is 0. The van der Waals surface area contributed by atoms with E-state index >= 15 is 0 Å². The molecule has 1 N–H and O–H groups in total. The molecule has 0 aromatic heterocycles. The average molecular weight is 108 g/mol. The van der Waals surface area contributed by atoms with Crippen LogP contribution in [0.5, 0.6) is 0 Å². The van der Waals surface area contributed by atoms with E-state index in [4.69, 9.17) is 8.22 Å². The van der Waals surface area contributed by atoms with Crippen LogP contribution < -0.4 is 0 Å². The second-order valence-corrected chi connectivity index (χ2v) is 1.65. The molecule has 0 radical (unpaired) electrons. The van der Waals surface area contributed by atoms with Crippen LogP contribution in [-0.4, -0.2) is 11.2 Å². The summed E-state index contributed by atoms with van der Waals surface area (Å²) in [6.07, 6.45) is -5.52. The Morgan fingerprint density at radius 1 is 2.00 bits per heavy atom. The Balaban J connectivity index is 5.04. The molecule has 7 heavy (non-hydrogen) atoms. The van der Waals surface area contributed by atoms with Gasteiger partial charge in [-0.1, -0.05) is 13.8 Å². The lowest BCUT2D eigenvalue weighted by Crippen LogP contribution is -2.03. The highest BCUT2D eigenvalue weighted by atomic mass is 16.3. The van der Waals surface area contributed by atoms with Crippen LogP contribution in [0.3, 0.4) is 0 Å². The van der Waals surface area contributed by atoms with Crippen LogP contribution in [-0.2, 0) is 0 Å². The van der Waals surface area contributed by atoms with E-state index in [1.54, 1.807) is 0 Å². The summed E-state index contributed by atoms with van der Waals surface area (Å²) < 4.78 is 42.3. The van der Waals surface area contributed by atoms with Crippen molar-refractivity contribution in [3.05, 3.63) is 0 Å². The zero-order valence-corrected chi connectivity index (χ0v) is 4.52. The summed E-state index contributed by atoms with van der Waals surface area (Å²) in [6.45, 7) is -0.197. The first kappa shape index (κ1) is 1.73. The van der Waals surface area contributed by atoms with E-state index < -0.39 is 25.2 Å². The van der Waals surface area contributed by atoms with Crippen molar-refractivity contribution in [3.63, 3.8) is 0 Å². The monoisotopic (exact) mass is 108 g/mol. The van der Waals surface area contributed by atoms with Gasteiger partial charge in [0.25, 0.3) is 0 Å². The number of aliphatic hydroxyl groups is 1. The quantitative estimate of drug-likeness (QED) is 0.567. The van der Waals surface area contributed by atoms with Crippen molar-refractivity contribution in [2.75, 3.05) is 0 Å². The molecule has 1 atom stereocenters. The van der Waals surface area contributed by atoms with Gasteiger partial charge in [-0.2, -0.15) is 0 Å². The molecule has 0 saturated heterocycles. The fourth-order valence-electron chi connectivity index (χ4n) is 0.273. The van der Waals surface area contributed by atoms with Gasteiger partial charge in [0.2, 0.25) is 0 Å². The Hall–Kier alpha value is -0.0400. The van der Waals surface area contributed by atoms with Gasteiger partial charge in [-0.25, -0.2) is 0 Å². The lowest BCUT2D eigenvalue weighted by Gasteiger charge is -2.04. The SMILES string of the molecule is [2H]C([2H])([2H])C([2H])(O)C([2H])([2H])C(C)C. The van der Waals surface area contributed by atoms with Gasteiger partial charge in [-0.05, 0) is 19.1 Å². The fraction of sp³-hybridized carbons (Fsp3) is 1.00. The minimum atomic E-state index is -3.06.